The van der Waals surface area contributed by atoms with Crippen LogP contribution in [0.5, 0.6) is 0 Å². The molecule has 0 spiro atoms. The monoisotopic (exact) mass is 1080 g/mol. The molecule has 0 aromatic rings. The number of carbonyl (C=O) groups is 4. The molecule has 1 aliphatic rings. The maximum absolute atomic E-state index is 13.1. The first kappa shape index (κ1) is 70.9. The summed E-state index contributed by atoms with van der Waals surface area (Å²) in [5.41, 5.74) is 0. The molecule has 1 aliphatic heterocycles. The highest BCUT2D eigenvalue weighted by Crippen LogP contribution is 2.26. The molecule has 0 radical (unpaired) electrons. The molecular formula is C65H108O12. The number of unbranched alkanes of at least 4 members (excludes halogenated alkanes) is 23. The van der Waals surface area contributed by atoms with E-state index in [9.17, 15) is 34.5 Å². The first-order chi connectivity index (χ1) is 37.6. The maximum atomic E-state index is 13.1. The van der Waals surface area contributed by atoms with Crippen molar-refractivity contribution in [1.29, 1.82) is 0 Å². The minimum Gasteiger partial charge on any atom is -0.479 e. The number of aliphatic carboxylic acids is 1. The Morgan fingerprint density at radius 2 is 0.844 bits per heavy atom. The van der Waals surface area contributed by atoms with Crippen molar-refractivity contribution in [3.63, 3.8) is 0 Å². The fourth-order valence-electron chi connectivity index (χ4n) is 8.79. The van der Waals surface area contributed by atoms with E-state index in [4.69, 9.17) is 23.7 Å². The molecule has 440 valence electrons. The van der Waals surface area contributed by atoms with Crippen LogP contribution >= 0.6 is 0 Å². The standard InChI is InChI=1S/C65H108O12/c1-4-7-10-13-16-19-22-25-27-28-29-30-32-34-36-39-42-45-48-51-57(66)73-54-56(75-58(67)52-49-46-43-40-37-33-24-21-18-15-12-9-6-3)55-74-65-63(61(70)60(69)62(77-65)64(71)72)76-59(68)53-50-47-44-41-38-35-31-26-23-20-17-14-11-8-5-2/h7,10,12,15-16,19,21,24-25,27,29-30,34,36,56,60-63,65,69-70H,4-6,8-9,11,13-14,17-18,20,22-23,26,28,31-33,35,37-55H2,1-3H3,(H,71,72)/b10-7-,15-12-,19-16-,24-21-,27-25-,30-29-,36-34-. The lowest BCUT2D eigenvalue weighted by atomic mass is 9.98. The van der Waals surface area contributed by atoms with Crippen molar-refractivity contribution in [3.8, 4) is 0 Å². The van der Waals surface area contributed by atoms with Crippen molar-refractivity contribution in [3.05, 3.63) is 85.1 Å². The number of carboxylic acids is 1. The molecule has 0 aromatic heterocycles. The summed E-state index contributed by atoms with van der Waals surface area (Å²) in [5.74, 6) is -3.18. The second-order valence-corrected chi connectivity index (χ2v) is 20.6. The lowest BCUT2D eigenvalue weighted by Crippen LogP contribution is -2.61. The molecule has 0 aliphatic carbocycles. The molecule has 0 bridgehead atoms. The zero-order valence-corrected chi connectivity index (χ0v) is 48.4. The lowest BCUT2D eigenvalue weighted by Gasteiger charge is -2.40. The van der Waals surface area contributed by atoms with E-state index in [1.807, 2.05) is 0 Å². The highest BCUT2D eigenvalue weighted by atomic mass is 16.7. The number of carboxylic acid groups (broad SMARTS) is 1. The Labute approximate surface area is 467 Å². The second kappa shape index (κ2) is 52.6. The van der Waals surface area contributed by atoms with E-state index in [1.54, 1.807) is 0 Å². The molecule has 6 unspecified atom stereocenters. The third kappa shape index (κ3) is 42.5. The number of allylic oxidation sites excluding steroid dienone is 14. The third-order valence-corrected chi connectivity index (χ3v) is 13.4. The molecule has 3 N–H and O–H groups in total. The third-order valence-electron chi connectivity index (χ3n) is 13.4. The molecule has 0 amide bonds. The molecule has 1 fully saturated rings. The first-order valence-electron chi connectivity index (χ1n) is 30.6. The van der Waals surface area contributed by atoms with Gasteiger partial charge >= 0.3 is 23.9 Å². The Morgan fingerprint density at radius 1 is 0.442 bits per heavy atom. The number of esters is 3. The van der Waals surface area contributed by atoms with Gasteiger partial charge in [-0.25, -0.2) is 4.79 Å². The highest BCUT2D eigenvalue weighted by Gasteiger charge is 2.50. The average molecular weight is 1080 g/mol. The molecule has 12 heteroatoms. The number of hydrogen-bond acceptors (Lipinski definition) is 11. The molecular weight excluding hydrogens is 973 g/mol. The van der Waals surface area contributed by atoms with Gasteiger partial charge in [0.1, 0.15) is 18.8 Å². The van der Waals surface area contributed by atoms with Crippen LogP contribution in [0.4, 0.5) is 0 Å². The summed E-state index contributed by atoms with van der Waals surface area (Å²) in [6.45, 7) is 5.78. The summed E-state index contributed by atoms with van der Waals surface area (Å²) in [6, 6.07) is 0. The van der Waals surface area contributed by atoms with Crippen molar-refractivity contribution in [2.24, 2.45) is 0 Å². The Hall–Kier alpha value is -4.10. The van der Waals surface area contributed by atoms with Crippen molar-refractivity contribution >= 4 is 23.9 Å². The van der Waals surface area contributed by atoms with Crippen LogP contribution in [-0.2, 0) is 42.9 Å². The van der Waals surface area contributed by atoms with Gasteiger partial charge in [-0.3, -0.25) is 14.4 Å². The largest absolute Gasteiger partial charge is 0.479 e. The Balaban J connectivity index is 2.70. The summed E-state index contributed by atoms with van der Waals surface area (Å²) < 4.78 is 28.4. The summed E-state index contributed by atoms with van der Waals surface area (Å²) in [6.07, 6.45) is 55.5. The van der Waals surface area contributed by atoms with Gasteiger partial charge in [-0.15, -0.1) is 0 Å². The van der Waals surface area contributed by atoms with Gasteiger partial charge < -0.3 is 39.0 Å². The quantitative estimate of drug-likeness (QED) is 0.0228. The van der Waals surface area contributed by atoms with Crippen LogP contribution in [0.3, 0.4) is 0 Å². The van der Waals surface area contributed by atoms with Gasteiger partial charge in [-0.05, 0) is 89.9 Å². The lowest BCUT2D eigenvalue weighted by molar-refractivity contribution is -0.301. The predicted octanol–water partition coefficient (Wildman–Crippen LogP) is 15.9. The van der Waals surface area contributed by atoms with E-state index in [0.29, 0.717) is 19.3 Å². The number of ether oxygens (including phenoxy) is 5. The summed E-state index contributed by atoms with van der Waals surface area (Å²) in [4.78, 5) is 51.2. The summed E-state index contributed by atoms with van der Waals surface area (Å²) in [5, 5.41) is 31.5. The zero-order valence-electron chi connectivity index (χ0n) is 48.4. The van der Waals surface area contributed by atoms with Crippen LogP contribution < -0.4 is 0 Å². The molecule has 0 saturated carbocycles. The van der Waals surface area contributed by atoms with Gasteiger partial charge in [0.25, 0.3) is 0 Å². The van der Waals surface area contributed by atoms with Gasteiger partial charge in [0.05, 0.1) is 6.61 Å². The molecule has 1 saturated heterocycles. The van der Waals surface area contributed by atoms with E-state index in [2.05, 4.69) is 106 Å². The average Bonchev–Trinajstić information content (AvgIpc) is 3.42. The minimum absolute atomic E-state index is 0.0558. The first-order valence-corrected chi connectivity index (χ1v) is 30.6. The van der Waals surface area contributed by atoms with Crippen LogP contribution in [0.25, 0.3) is 0 Å². The molecule has 0 aromatic carbocycles. The van der Waals surface area contributed by atoms with E-state index in [1.165, 1.54) is 64.2 Å². The van der Waals surface area contributed by atoms with Gasteiger partial charge in [-0.2, -0.15) is 0 Å². The molecule has 77 heavy (non-hydrogen) atoms. The van der Waals surface area contributed by atoms with Gasteiger partial charge in [0.15, 0.2) is 24.6 Å². The summed E-state index contributed by atoms with van der Waals surface area (Å²) in [7, 11) is 0. The van der Waals surface area contributed by atoms with Crippen molar-refractivity contribution in [1.82, 2.24) is 0 Å². The topological polar surface area (TPSA) is 175 Å². The van der Waals surface area contributed by atoms with E-state index >= 15 is 0 Å². The molecule has 1 rings (SSSR count). The molecule has 12 nitrogen and oxygen atoms in total. The number of rotatable bonds is 51. The van der Waals surface area contributed by atoms with Gasteiger partial charge in [-0.1, -0.05) is 228 Å². The van der Waals surface area contributed by atoms with E-state index in [0.717, 1.165) is 128 Å². The fraction of sp³-hybridized carbons (Fsp3) is 0.723. The van der Waals surface area contributed by atoms with Crippen molar-refractivity contribution in [2.75, 3.05) is 13.2 Å². The Kier molecular flexibility index (Phi) is 48.4. The minimum atomic E-state index is -1.91. The van der Waals surface area contributed by atoms with Crippen LogP contribution in [0, 0.1) is 0 Å². The van der Waals surface area contributed by atoms with Crippen molar-refractivity contribution in [2.45, 2.75) is 289 Å². The Bertz CT molecular complexity index is 1660. The number of carbonyl (C=O) groups excluding carboxylic acids is 3. The second-order valence-electron chi connectivity index (χ2n) is 20.6. The number of hydrogen-bond donors (Lipinski definition) is 3. The maximum Gasteiger partial charge on any atom is 0.335 e. The zero-order chi connectivity index (χ0) is 56.1. The molecule has 6 atom stereocenters. The highest BCUT2D eigenvalue weighted by molar-refractivity contribution is 5.74. The fourth-order valence-corrected chi connectivity index (χ4v) is 8.79. The van der Waals surface area contributed by atoms with Gasteiger partial charge in [0, 0.05) is 19.3 Å². The normalized spacial score (nSPS) is 18.6. The van der Waals surface area contributed by atoms with Crippen LogP contribution in [0.2, 0.25) is 0 Å². The van der Waals surface area contributed by atoms with Gasteiger partial charge in [0.2, 0.25) is 0 Å². The van der Waals surface area contributed by atoms with E-state index < -0.39 is 67.3 Å². The van der Waals surface area contributed by atoms with Crippen LogP contribution in [0.1, 0.15) is 252 Å². The smallest absolute Gasteiger partial charge is 0.335 e. The summed E-state index contributed by atoms with van der Waals surface area (Å²) >= 11 is 0. The number of aliphatic hydroxyl groups is 2. The Morgan fingerprint density at radius 3 is 1.31 bits per heavy atom. The predicted molar refractivity (Wildman–Crippen MR) is 312 cm³/mol. The van der Waals surface area contributed by atoms with E-state index in [-0.39, 0.29) is 25.9 Å². The molecule has 1 heterocycles. The number of aliphatic hydroxyl groups excluding tert-OH is 2. The van der Waals surface area contributed by atoms with Crippen LogP contribution in [-0.4, -0.2) is 89.2 Å². The SMILES string of the molecule is CC/C=C\C/C=C\C/C=C\C/C=C\C/C=C\CCCCCC(=O)OCC(COC1OC(C(=O)O)C(O)C(O)C1OC(=O)CCCCCCCCCCCCCCCCC)OC(=O)CCCCCCC/C=C\C/C=C\CCC. The van der Waals surface area contributed by atoms with Crippen LogP contribution in [0.15, 0.2) is 85.1 Å². The van der Waals surface area contributed by atoms with Crippen molar-refractivity contribution < 1.29 is 58.2 Å².